The Bertz CT molecular complexity index is 392. The molecule has 0 aliphatic heterocycles. The lowest BCUT2D eigenvalue weighted by atomic mass is 10.1. The normalized spacial score (nSPS) is 14.6. The molecule has 110 valence electrons. The van der Waals surface area contributed by atoms with E-state index in [1.54, 1.807) is 0 Å². The number of aromatic nitrogens is 2. The summed E-state index contributed by atoms with van der Waals surface area (Å²) in [5.74, 6) is 0. The van der Waals surface area contributed by atoms with Crippen LogP contribution in [0.5, 0.6) is 0 Å². The van der Waals surface area contributed by atoms with E-state index < -0.39 is 0 Å². The second kappa shape index (κ2) is 7.88. The van der Waals surface area contributed by atoms with Gasteiger partial charge in [-0.25, -0.2) is 0 Å². The molecule has 1 rings (SSSR count). The fraction of sp³-hybridized carbons (Fsp3) is 0.786. The average Bonchev–Trinajstić information content (AvgIpc) is 2.60. The van der Waals surface area contributed by atoms with Crippen LogP contribution in [0.1, 0.15) is 38.6 Å². The lowest BCUT2D eigenvalue weighted by Crippen LogP contribution is -2.42. The standard InChI is InChI=1S/C14H26ClN3O/c1-6-8-16-12(11(4)19-7-2)9-13-14(15)10(3)17-18(13)5/h11-12,16H,6-9H2,1-5H3. The summed E-state index contributed by atoms with van der Waals surface area (Å²) in [6.07, 6.45) is 2.09. The SMILES string of the molecule is CCCNC(Cc1c(Cl)c(C)nn1C)C(C)OCC. The Labute approximate surface area is 121 Å². The van der Waals surface area contributed by atoms with Crippen LogP contribution in [0.2, 0.25) is 5.02 Å². The number of rotatable bonds is 8. The number of hydrogen-bond acceptors (Lipinski definition) is 3. The minimum absolute atomic E-state index is 0.155. The van der Waals surface area contributed by atoms with E-state index in [9.17, 15) is 0 Å². The van der Waals surface area contributed by atoms with Gasteiger partial charge in [0.2, 0.25) is 0 Å². The molecule has 0 saturated heterocycles. The Kier molecular flexibility index (Phi) is 6.83. The molecule has 5 heteroatoms. The van der Waals surface area contributed by atoms with E-state index in [4.69, 9.17) is 16.3 Å². The molecule has 2 unspecified atom stereocenters. The molecule has 1 aromatic heterocycles. The van der Waals surface area contributed by atoms with Gasteiger partial charge in [-0.15, -0.1) is 0 Å². The molecule has 2 atom stereocenters. The minimum atomic E-state index is 0.155. The molecule has 0 aromatic carbocycles. The summed E-state index contributed by atoms with van der Waals surface area (Å²) in [5, 5.41) is 8.68. The molecule has 0 amide bonds. The Balaban J connectivity index is 2.80. The summed E-state index contributed by atoms with van der Waals surface area (Å²) in [6, 6.07) is 0.257. The summed E-state index contributed by atoms with van der Waals surface area (Å²) < 4.78 is 7.60. The van der Waals surface area contributed by atoms with Crippen LogP contribution in [-0.4, -0.2) is 35.1 Å². The zero-order chi connectivity index (χ0) is 14.4. The maximum absolute atomic E-state index is 6.32. The van der Waals surface area contributed by atoms with Crippen molar-refractivity contribution in [3.8, 4) is 0 Å². The summed E-state index contributed by atoms with van der Waals surface area (Å²) in [5.41, 5.74) is 1.96. The van der Waals surface area contributed by atoms with E-state index in [-0.39, 0.29) is 12.1 Å². The Hall–Kier alpha value is -0.580. The van der Waals surface area contributed by atoms with E-state index in [0.717, 1.165) is 42.4 Å². The van der Waals surface area contributed by atoms with Gasteiger partial charge in [-0.05, 0) is 33.7 Å². The van der Waals surface area contributed by atoms with E-state index in [1.807, 2.05) is 25.6 Å². The van der Waals surface area contributed by atoms with E-state index >= 15 is 0 Å². The van der Waals surface area contributed by atoms with Crippen molar-refractivity contribution in [2.45, 2.75) is 52.7 Å². The first-order chi connectivity index (χ1) is 9.01. The maximum Gasteiger partial charge on any atom is 0.0847 e. The van der Waals surface area contributed by atoms with Crippen LogP contribution < -0.4 is 5.32 Å². The predicted molar refractivity (Wildman–Crippen MR) is 79.8 cm³/mol. The number of ether oxygens (including phenoxy) is 1. The number of aryl methyl sites for hydroxylation is 2. The van der Waals surface area contributed by atoms with Crippen LogP contribution in [0.15, 0.2) is 0 Å². The largest absolute Gasteiger partial charge is 0.377 e. The number of halogens is 1. The first-order valence-corrected chi connectivity index (χ1v) is 7.41. The Morgan fingerprint density at radius 1 is 1.42 bits per heavy atom. The maximum atomic E-state index is 6.32. The second-order valence-electron chi connectivity index (χ2n) is 4.89. The van der Waals surface area contributed by atoms with Crippen molar-refractivity contribution in [2.24, 2.45) is 7.05 Å². The molecule has 0 aliphatic rings. The van der Waals surface area contributed by atoms with Crippen molar-refractivity contribution in [3.63, 3.8) is 0 Å². The summed E-state index contributed by atoms with van der Waals surface area (Å²) in [7, 11) is 1.94. The molecule has 1 heterocycles. The molecule has 1 aromatic rings. The van der Waals surface area contributed by atoms with E-state index in [1.165, 1.54) is 0 Å². The van der Waals surface area contributed by atoms with Gasteiger partial charge in [-0.1, -0.05) is 18.5 Å². The third-order valence-electron chi connectivity index (χ3n) is 3.33. The number of hydrogen-bond donors (Lipinski definition) is 1. The quantitative estimate of drug-likeness (QED) is 0.799. The van der Waals surface area contributed by atoms with Gasteiger partial charge in [-0.2, -0.15) is 5.10 Å². The summed E-state index contributed by atoms with van der Waals surface area (Å²) >= 11 is 6.32. The minimum Gasteiger partial charge on any atom is -0.377 e. The molecular weight excluding hydrogens is 262 g/mol. The highest BCUT2D eigenvalue weighted by Gasteiger charge is 2.21. The smallest absolute Gasteiger partial charge is 0.0847 e. The van der Waals surface area contributed by atoms with Crippen LogP contribution in [-0.2, 0) is 18.2 Å². The molecule has 0 fully saturated rings. The molecular formula is C14H26ClN3O. The van der Waals surface area contributed by atoms with Gasteiger partial charge in [0.05, 0.1) is 22.5 Å². The number of nitrogens with zero attached hydrogens (tertiary/aromatic N) is 2. The van der Waals surface area contributed by atoms with Crippen LogP contribution in [0.25, 0.3) is 0 Å². The first kappa shape index (κ1) is 16.5. The molecule has 0 radical (unpaired) electrons. The van der Waals surface area contributed by atoms with Gasteiger partial charge in [0, 0.05) is 26.1 Å². The first-order valence-electron chi connectivity index (χ1n) is 7.04. The van der Waals surface area contributed by atoms with E-state index in [2.05, 4.69) is 24.3 Å². The van der Waals surface area contributed by atoms with Crippen molar-refractivity contribution < 1.29 is 4.74 Å². The average molecular weight is 288 g/mol. The topological polar surface area (TPSA) is 39.1 Å². The van der Waals surface area contributed by atoms with Crippen LogP contribution in [0.3, 0.4) is 0 Å². The molecule has 19 heavy (non-hydrogen) atoms. The van der Waals surface area contributed by atoms with Crippen molar-refractivity contribution in [1.82, 2.24) is 15.1 Å². The molecule has 0 saturated carbocycles. The highest BCUT2D eigenvalue weighted by Crippen LogP contribution is 2.21. The van der Waals surface area contributed by atoms with Gasteiger partial charge in [0.1, 0.15) is 0 Å². The van der Waals surface area contributed by atoms with Gasteiger partial charge < -0.3 is 10.1 Å². The predicted octanol–water partition coefficient (Wildman–Crippen LogP) is 2.72. The summed E-state index contributed by atoms with van der Waals surface area (Å²) in [6.45, 7) is 9.94. The van der Waals surface area contributed by atoms with E-state index in [0.29, 0.717) is 0 Å². The third-order valence-corrected chi connectivity index (χ3v) is 3.82. The number of nitrogens with one attached hydrogen (secondary N) is 1. The highest BCUT2D eigenvalue weighted by atomic mass is 35.5. The highest BCUT2D eigenvalue weighted by molar-refractivity contribution is 6.31. The van der Waals surface area contributed by atoms with Crippen LogP contribution >= 0.6 is 11.6 Å². The molecule has 0 spiro atoms. The molecule has 4 nitrogen and oxygen atoms in total. The fourth-order valence-electron chi connectivity index (χ4n) is 2.22. The fourth-order valence-corrected chi connectivity index (χ4v) is 2.46. The second-order valence-corrected chi connectivity index (χ2v) is 5.27. The van der Waals surface area contributed by atoms with Crippen molar-refractivity contribution in [3.05, 3.63) is 16.4 Å². The molecule has 1 N–H and O–H groups in total. The Morgan fingerprint density at radius 2 is 2.11 bits per heavy atom. The van der Waals surface area contributed by atoms with Gasteiger partial charge in [-0.3, -0.25) is 4.68 Å². The molecule has 0 bridgehead atoms. The monoisotopic (exact) mass is 287 g/mol. The summed E-state index contributed by atoms with van der Waals surface area (Å²) in [4.78, 5) is 0. The zero-order valence-electron chi connectivity index (χ0n) is 12.7. The van der Waals surface area contributed by atoms with Crippen molar-refractivity contribution >= 4 is 11.6 Å². The van der Waals surface area contributed by atoms with Crippen molar-refractivity contribution in [1.29, 1.82) is 0 Å². The van der Waals surface area contributed by atoms with Gasteiger partial charge >= 0.3 is 0 Å². The zero-order valence-corrected chi connectivity index (χ0v) is 13.4. The third kappa shape index (κ3) is 4.48. The van der Waals surface area contributed by atoms with Crippen LogP contribution in [0, 0.1) is 6.92 Å². The van der Waals surface area contributed by atoms with Gasteiger partial charge in [0.25, 0.3) is 0 Å². The Morgan fingerprint density at radius 3 is 2.58 bits per heavy atom. The van der Waals surface area contributed by atoms with Gasteiger partial charge in [0.15, 0.2) is 0 Å². The lowest BCUT2D eigenvalue weighted by molar-refractivity contribution is 0.0472. The molecule has 0 aliphatic carbocycles. The lowest BCUT2D eigenvalue weighted by Gasteiger charge is -2.25. The van der Waals surface area contributed by atoms with Crippen LogP contribution in [0.4, 0.5) is 0 Å². The van der Waals surface area contributed by atoms with Crippen molar-refractivity contribution in [2.75, 3.05) is 13.2 Å².